The van der Waals surface area contributed by atoms with Gasteiger partial charge in [-0.1, -0.05) is 0 Å². The molecule has 0 aliphatic carbocycles. The molecule has 2 saturated heterocycles. The predicted octanol–water partition coefficient (Wildman–Crippen LogP) is 0.954. The van der Waals surface area contributed by atoms with E-state index in [2.05, 4.69) is 5.32 Å². The standard InChI is InChI=1S/C13H21F3N2O3S/c1-22(20,21)12(4-6-17-7-5-12)11(19)18-8-2-10(3-9-18)13(14,15)16/h10,17H,2-9H2,1H3. The predicted molar refractivity (Wildman–Crippen MR) is 75.0 cm³/mol. The molecule has 2 aliphatic rings. The Kier molecular flexibility index (Phi) is 4.77. The second-order valence-corrected chi connectivity index (χ2v) is 8.45. The second-order valence-electron chi connectivity index (χ2n) is 6.12. The molecule has 2 rings (SSSR count). The first-order valence-corrected chi connectivity index (χ1v) is 9.23. The van der Waals surface area contributed by atoms with Gasteiger partial charge in [-0.3, -0.25) is 4.79 Å². The monoisotopic (exact) mass is 342 g/mol. The van der Waals surface area contributed by atoms with Crippen molar-refractivity contribution in [3.63, 3.8) is 0 Å². The van der Waals surface area contributed by atoms with Crippen molar-refractivity contribution in [2.45, 2.75) is 36.6 Å². The smallest absolute Gasteiger partial charge is 0.341 e. The quantitative estimate of drug-likeness (QED) is 0.812. The Morgan fingerprint density at radius 1 is 1.18 bits per heavy atom. The number of amides is 1. The van der Waals surface area contributed by atoms with Gasteiger partial charge in [0.1, 0.15) is 0 Å². The first-order valence-electron chi connectivity index (χ1n) is 7.34. The Balaban J connectivity index is 2.13. The lowest BCUT2D eigenvalue weighted by Gasteiger charge is -2.41. The van der Waals surface area contributed by atoms with Gasteiger partial charge in [-0.05, 0) is 38.8 Å². The highest BCUT2D eigenvalue weighted by Crippen LogP contribution is 2.36. The highest BCUT2D eigenvalue weighted by atomic mass is 32.2. The van der Waals surface area contributed by atoms with Gasteiger partial charge in [0.05, 0.1) is 5.92 Å². The number of sulfone groups is 1. The maximum absolute atomic E-state index is 12.7. The van der Waals surface area contributed by atoms with Crippen LogP contribution in [-0.2, 0) is 14.6 Å². The van der Waals surface area contributed by atoms with Crippen LogP contribution in [0.1, 0.15) is 25.7 Å². The fourth-order valence-electron chi connectivity index (χ4n) is 3.27. The van der Waals surface area contributed by atoms with Crippen LogP contribution in [-0.4, -0.2) is 62.6 Å². The SMILES string of the molecule is CS(=O)(=O)C1(C(=O)N2CCC(C(F)(F)F)CC2)CCNCC1. The number of alkyl halides is 3. The van der Waals surface area contributed by atoms with Crippen molar-refractivity contribution in [3.05, 3.63) is 0 Å². The van der Waals surface area contributed by atoms with Gasteiger partial charge in [-0.25, -0.2) is 8.42 Å². The van der Waals surface area contributed by atoms with Crippen LogP contribution in [0.15, 0.2) is 0 Å². The highest BCUT2D eigenvalue weighted by Gasteiger charge is 2.51. The summed E-state index contributed by atoms with van der Waals surface area (Å²) in [5.74, 6) is -1.93. The molecule has 0 atom stereocenters. The van der Waals surface area contributed by atoms with Crippen LogP contribution in [0.4, 0.5) is 13.2 Å². The zero-order valence-corrected chi connectivity index (χ0v) is 13.3. The molecule has 1 N–H and O–H groups in total. The average molecular weight is 342 g/mol. The molecule has 2 fully saturated rings. The third-order valence-electron chi connectivity index (χ3n) is 4.76. The molecule has 1 amide bonds. The molecule has 0 unspecified atom stereocenters. The Morgan fingerprint density at radius 3 is 2.09 bits per heavy atom. The number of carbonyl (C=O) groups excluding carboxylic acids is 1. The van der Waals surface area contributed by atoms with E-state index < -0.39 is 32.6 Å². The third-order valence-corrected chi connectivity index (χ3v) is 6.76. The van der Waals surface area contributed by atoms with Crippen LogP contribution < -0.4 is 5.32 Å². The van der Waals surface area contributed by atoms with Crippen LogP contribution >= 0.6 is 0 Å². The number of nitrogens with zero attached hydrogens (tertiary/aromatic N) is 1. The summed E-state index contributed by atoms with van der Waals surface area (Å²) in [4.78, 5) is 14.0. The highest BCUT2D eigenvalue weighted by molar-refractivity contribution is 7.92. The summed E-state index contributed by atoms with van der Waals surface area (Å²) in [5, 5.41) is 3.01. The molecule has 5 nitrogen and oxygen atoms in total. The summed E-state index contributed by atoms with van der Waals surface area (Å²) < 4.78 is 60.9. The van der Waals surface area contributed by atoms with Gasteiger partial charge in [0, 0.05) is 19.3 Å². The van der Waals surface area contributed by atoms with Gasteiger partial charge < -0.3 is 10.2 Å². The van der Waals surface area contributed by atoms with Crippen molar-refractivity contribution in [2.24, 2.45) is 5.92 Å². The van der Waals surface area contributed by atoms with Crippen LogP contribution in [0.5, 0.6) is 0 Å². The molecule has 22 heavy (non-hydrogen) atoms. The summed E-state index contributed by atoms with van der Waals surface area (Å²) in [6.07, 6.45) is -3.19. The fraction of sp³-hybridized carbons (Fsp3) is 0.923. The lowest BCUT2D eigenvalue weighted by molar-refractivity contribution is -0.186. The summed E-state index contributed by atoms with van der Waals surface area (Å²) in [6, 6.07) is 0. The maximum atomic E-state index is 12.7. The molecule has 2 heterocycles. The Morgan fingerprint density at radius 2 is 1.68 bits per heavy atom. The number of hydrogen-bond donors (Lipinski definition) is 1. The van der Waals surface area contributed by atoms with Crippen molar-refractivity contribution < 1.29 is 26.4 Å². The van der Waals surface area contributed by atoms with Gasteiger partial charge in [0.2, 0.25) is 5.91 Å². The third kappa shape index (κ3) is 3.24. The first-order chi connectivity index (χ1) is 10.1. The Bertz CT molecular complexity index is 519. The number of likely N-dealkylation sites (tertiary alicyclic amines) is 1. The minimum absolute atomic E-state index is 0.0340. The van der Waals surface area contributed by atoms with E-state index in [0.29, 0.717) is 13.1 Å². The molecule has 0 spiro atoms. The molecule has 9 heteroatoms. The van der Waals surface area contributed by atoms with Gasteiger partial charge in [0.25, 0.3) is 0 Å². The molecule has 0 saturated carbocycles. The van der Waals surface area contributed by atoms with Gasteiger partial charge in [-0.2, -0.15) is 13.2 Å². The number of hydrogen-bond acceptors (Lipinski definition) is 4. The maximum Gasteiger partial charge on any atom is 0.391 e. The Hall–Kier alpha value is -0.830. The van der Waals surface area contributed by atoms with Crippen molar-refractivity contribution in [1.29, 1.82) is 0 Å². The molecular weight excluding hydrogens is 321 g/mol. The number of halogens is 3. The molecule has 0 bridgehead atoms. The van der Waals surface area contributed by atoms with Crippen molar-refractivity contribution >= 4 is 15.7 Å². The van der Waals surface area contributed by atoms with Crippen LogP contribution in [0.3, 0.4) is 0 Å². The minimum atomic E-state index is -4.25. The number of carbonyl (C=O) groups is 1. The topological polar surface area (TPSA) is 66.5 Å². The lowest BCUT2D eigenvalue weighted by Crippen LogP contribution is -2.59. The molecule has 0 radical (unpaired) electrons. The Labute approximate surface area is 128 Å². The summed E-state index contributed by atoms with van der Waals surface area (Å²) >= 11 is 0. The molecule has 0 aromatic heterocycles. The van der Waals surface area contributed by atoms with Crippen LogP contribution in [0, 0.1) is 5.92 Å². The number of piperidine rings is 2. The first kappa shape index (κ1) is 17.5. The normalized spacial score (nSPS) is 24.3. The molecule has 2 aliphatic heterocycles. The summed E-state index contributed by atoms with van der Waals surface area (Å²) in [5.41, 5.74) is 0. The van der Waals surface area contributed by atoms with Crippen molar-refractivity contribution in [3.8, 4) is 0 Å². The van der Waals surface area contributed by atoms with E-state index in [-0.39, 0.29) is 38.8 Å². The largest absolute Gasteiger partial charge is 0.391 e. The zero-order chi connectivity index (χ0) is 16.6. The van der Waals surface area contributed by atoms with E-state index in [4.69, 9.17) is 0 Å². The summed E-state index contributed by atoms with van der Waals surface area (Å²) in [6.45, 7) is 0.761. The van der Waals surface area contributed by atoms with E-state index in [0.717, 1.165) is 6.26 Å². The number of rotatable bonds is 2. The molecule has 0 aromatic rings. The van der Waals surface area contributed by atoms with E-state index in [1.54, 1.807) is 0 Å². The van der Waals surface area contributed by atoms with Crippen LogP contribution in [0.25, 0.3) is 0 Å². The number of nitrogens with one attached hydrogen (secondary N) is 1. The fourth-order valence-corrected chi connectivity index (χ4v) is 4.66. The van der Waals surface area contributed by atoms with E-state index in [1.807, 2.05) is 0 Å². The van der Waals surface area contributed by atoms with E-state index in [1.165, 1.54) is 4.90 Å². The lowest BCUT2D eigenvalue weighted by atomic mass is 9.91. The van der Waals surface area contributed by atoms with Gasteiger partial charge >= 0.3 is 6.18 Å². The van der Waals surface area contributed by atoms with Gasteiger partial charge in [-0.15, -0.1) is 0 Å². The van der Waals surface area contributed by atoms with E-state index >= 15 is 0 Å². The molecular formula is C13H21F3N2O3S. The molecule has 128 valence electrons. The zero-order valence-electron chi connectivity index (χ0n) is 12.4. The van der Waals surface area contributed by atoms with E-state index in [9.17, 15) is 26.4 Å². The van der Waals surface area contributed by atoms with Crippen molar-refractivity contribution in [2.75, 3.05) is 32.4 Å². The summed E-state index contributed by atoms with van der Waals surface area (Å²) in [7, 11) is -3.63. The van der Waals surface area contributed by atoms with Crippen molar-refractivity contribution in [1.82, 2.24) is 10.2 Å². The molecule has 0 aromatic carbocycles. The van der Waals surface area contributed by atoms with Gasteiger partial charge in [0.15, 0.2) is 14.6 Å². The second kappa shape index (κ2) is 5.99. The van der Waals surface area contributed by atoms with Crippen LogP contribution in [0.2, 0.25) is 0 Å². The average Bonchev–Trinajstić information content (AvgIpc) is 2.45. The minimum Gasteiger partial charge on any atom is -0.341 e.